The van der Waals surface area contributed by atoms with E-state index in [1.807, 2.05) is 18.2 Å². The summed E-state index contributed by atoms with van der Waals surface area (Å²) in [7, 11) is 0. The number of amides is 1. The molecule has 4 heterocycles. The summed E-state index contributed by atoms with van der Waals surface area (Å²) in [6.07, 6.45) is -5.04. The number of imidazole rings is 1. The van der Waals surface area contributed by atoms with Crippen LogP contribution in [0.3, 0.4) is 0 Å². The average molecular weight is 485 g/mol. The highest BCUT2D eigenvalue weighted by atomic mass is 19.1. The van der Waals surface area contributed by atoms with Crippen molar-refractivity contribution in [3.05, 3.63) is 42.7 Å². The third-order valence-electron chi connectivity index (χ3n) is 5.38. The number of anilines is 2. The summed E-state index contributed by atoms with van der Waals surface area (Å²) >= 11 is 0. The number of nitrogens with one attached hydrogen (secondary N) is 2. The molecule has 35 heavy (non-hydrogen) atoms. The standard InChI is InChI=1S/C20H20FN9O5/c21-19-27-12-15(22)24-8-25-16(12)30(19)18-14(33)13(32)10(34-18)6-23-7-11(31)26-20-29-28-17(35-20)9-4-2-1-3-5-9/h1-5,8,10,13-14,18,23,32-33H,6-7H2,(H2,22,24,25)(H,26,29,31)/t10-,13-,14-,18-/m1/s1. The molecule has 0 spiro atoms. The largest absolute Gasteiger partial charge is 0.403 e. The maximum Gasteiger partial charge on any atom is 0.322 e. The molecule has 1 aliphatic heterocycles. The highest BCUT2D eigenvalue weighted by molar-refractivity contribution is 5.90. The van der Waals surface area contributed by atoms with E-state index >= 15 is 0 Å². The van der Waals surface area contributed by atoms with Gasteiger partial charge in [0.25, 0.3) is 6.08 Å². The fraction of sp³-hybridized carbons (Fsp3) is 0.300. The Kier molecular flexibility index (Phi) is 6.04. The van der Waals surface area contributed by atoms with Gasteiger partial charge in [-0.2, -0.15) is 9.37 Å². The Morgan fingerprint density at radius 1 is 1.17 bits per heavy atom. The average Bonchev–Trinajstić information content (AvgIpc) is 3.52. The Bertz CT molecular complexity index is 1350. The molecule has 5 rings (SSSR count). The molecule has 1 amide bonds. The zero-order valence-corrected chi connectivity index (χ0v) is 17.9. The first-order valence-corrected chi connectivity index (χ1v) is 10.5. The highest BCUT2D eigenvalue weighted by Crippen LogP contribution is 2.33. The summed E-state index contributed by atoms with van der Waals surface area (Å²) in [6.45, 7) is -0.227. The molecule has 3 aromatic heterocycles. The summed E-state index contributed by atoms with van der Waals surface area (Å²) in [5.41, 5.74) is 6.41. The van der Waals surface area contributed by atoms with Crippen molar-refractivity contribution in [2.75, 3.05) is 24.1 Å². The van der Waals surface area contributed by atoms with Gasteiger partial charge in [0.15, 0.2) is 23.2 Å². The van der Waals surface area contributed by atoms with Crippen LogP contribution in [0.25, 0.3) is 22.6 Å². The Morgan fingerprint density at radius 2 is 1.97 bits per heavy atom. The molecular formula is C20H20FN9O5. The van der Waals surface area contributed by atoms with Gasteiger partial charge in [0.05, 0.1) is 6.54 Å². The van der Waals surface area contributed by atoms with E-state index in [2.05, 4.69) is 35.8 Å². The van der Waals surface area contributed by atoms with Gasteiger partial charge in [-0.3, -0.25) is 14.7 Å². The van der Waals surface area contributed by atoms with Gasteiger partial charge in [-0.1, -0.05) is 23.3 Å². The van der Waals surface area contributed by atoms with Crippen LogP contribution in [0.15, 0.2) is 41.1 Å². The second-order valence-corrected chi connectivity index (χ2v) is 7.69. The molecule has 4 atom stereocenters. The molecule has 1 fully saturated rings. The number of fused-ring (bicyclic) bond motifs is 1. The van der Waals surface area contributed by atoms with Gasteiger partial charge >= 0.3 is 6.01 Å². The third-order valence-corrected chi connectivity index (χ3v) is 5.38. The Hall–Kier alpha value is -4.05. The number of ether oxygens (including phenoxy) is 1. The van der Waals surface area contributed by atoms with E-state index in [9.17, 15) is 19.4 Å². The normalized spacial score (nSPS) is 22.0. The summed E-state index contributed by atoms with van der Waals surface area (Å²) in [6, 6.07) is 8.97. The molecule has 14 nitrogen and oxygen atoms in total. The molecule has 0 unspecified atom stereocenters. The summed E-state index contributed by atoms with van der Waals surface area (Å²) in [5.74, 6) is -0.277. The number of nitrogens with two attached hydrogens (primary N) is 1. The van der Waals surface area contributed by atoms with Crippen LogP contribution in [0.5, 0.6) is 0 Å². The Balaban J connectivity index is 1.18. The summed E-state index contributed by atoms with van der Waals surface area (Å²) in [5, 5.41) is 33.8. The Morgan fingerprint density at radius 3 is 2.77 bits per heavy atom. The van der Waals surface area contributed by atoms with E-state index in [1.165, 1.54) is 0 Å². The molecule has 1 aliphatic rings. The van der Waals surface area contributed by atoms with Crippen molar-refractivity contribution in [2.24, 2.45) is 0 Å². The molecule has 0 saturated carbocycles. The molecule has 4 aromatic rings. The number of nitrogens with zero attached hydrogens (tertiary/aromatic N) is 6. The van der Waals surface area contributed by atoms with Crippen molar-refractivity contribution in [3.63, 3.8) is 0 Å². The van der Waals surface area contributed by atoms with Crippen LogP contribution in [0.4, 0.5) is 16.2 Å². The van der Waals surface area contributed by atoms with Gasteiger partial charge in [0, 0.05) is 12.1 Å². The lowest BCUT2D eigenvalue weighted by molar-refractivity contribution is -0.115. The second-order valence-electron chi connectivity index (χ2n) is 7.69. The lowest BCUT2D eigenvalue weighted by Crippen LogP contribution is -2.40. The van der Waals surface area contributed by atoms with Crippen LogP contribution in [0.1, 0.15) is 6.23 Å². The van der Waals surface area contributed by atoms with Gasteiger partial charge < -0.3 is 30.4 Å². The number of nitrogen functional groups attached to an aromatic ring is 1. The first kappa shape index (κ1) is 22.7. The van der Waals surface area contributed by atoms with E-state index in [1.54, 1.807) is 12.1 Å². The quantitative estimate of drug-likeness (QED) is 0.209. The van der Waals surface area contributed by atoms with Gasteiger partial charge in [0.2, 0.25) is 11.8 Å². The van der Waals surface area contributed by atoms with Crippen molar-refractivity contribution < 1.29 is 28.6 Å². The molecule has 0 bridgehead atoms. The van der Waals surface area contributed by atoms with Crippen molar-refractivity contribution in [3.8, 4) is 11.5 Å². The highest BCUT2D eigenvalue weighted by Gasteiger charge is 2.45. The molecule has 182 valence electrons. The lowest BCUT2D eigenvalue weighted by atomic mass is 10.1. The first-order valence-electron chi connectivity index (χ1n) is 10.5. The summed E-state index contributed by atoms with van der Waals surface area (Å²) < 4.78 is 26.5. The van der Waals surface area contributed by atoms with E-state index in [-0.39, 0.29) is 42.0 Å². The monoisotopic (exact) mass is 485 g/mol. The predicted molar refractivity (Wildman–Crippen MR) is 117 cm³/mol. The number of aliphatic hydroxyl groups excluding tert-OH is 2. The first-order chi connectivity index (χ1) is 16.9. The van der Waals surface area contributed by atoms with E-state index in [4.69, 9.17) is 14.9 Å². The van der Waals surface area contributed by atoms with Crippen LogP contribution in [0, 0.1) is 6.08 Å². The molecule has 0 aliphatic carbocycles. The SMILES string of the molecule is Nc1ncnc2c1nc(F)n2[C@@H]1O[C@H](CNCC(=O)Nc2nnc(-c3ccccc3)o2)[C@@H](O)[C@H]1O. The smallest absolute Gasteiger partial charge is 0.322 e. The summed E-state index contributed by atoms with van der Waals surface area (Å²) in [4.78, 5) is 23.6. The number of benzene rings is 1. The molecule has 15 heteroatoms. The number of hydrogen-bond acceptors (Lipinski definition) is 12. The van der Waals surface area contributed by atoms with Crippen molar-refractivity contribution >= 4 is 28.9 Å². The molecular weight excluding hydrogens is 465 g/mol. The fourth-order valence-corrected chi connectivity index (χ4v) is 3.70. The van der Waals surface area contributed by atoms with Crippen LogP contribution in [-0.2, 0) is 9.53 Å². The number of rotatable bonds is 7. The van der Waals surface area contributed by atoms with E-state index < -0.39 is 36.5 Å². The minimum atomic E-state index is -1.49. The number of halogens is 1. The minimum Gasteiger partial charge on any atom is -0.403 e. The number of aliphatic hydroxyl groups is 2. The van der Waals surface area contributed by atoms with E-state index in [0.29, 0.717) is 5.56 Å². The fourth-order valence-electron chi connectivity index (χ4n) is 3.70. The van der Waals surface area contributed by atoms with Gasteiger partial charge in [-0.25, -0.2) is 9.97 Å². The van der Waals surface area contributed by atoms with Crippen molar-refractivity contribution in [1.82, 2.24) is 35.0 Å². The molecule has 6 N–H and O–H groups in total. The van der Waals surface area contributed by atoms with Crippen LogP contribution in [0.2, 0.25) is 0 Å². The third kappa shape index (κ3) is 4.40. The van der Waals surface area contributed by atoms with Crippen LogP contribution < -0.4 is 16.4 Å². The molecule has 1 saturated heterocycles. The number of carbonyl (C=O) groups excluding carboxylic acids is 1. The van der Waals surface area contributed by atoms with Crippen molar-refractivity contribution in [2.45, 2.75) is 24.5 Å². The maximum absolute atomic E-state index is 14.5. The van der Waals surface area contributed by atoms with Crippen LogP contribution in [-0.4, -0.2) is 77.2 Å². The zero-order chi connectivity index (χ0) is 24.5. The number of carbonyl (C=O) groups is 1. The number of aromatic nitrogens is 6. The zero-order valence-electron chi connectivity index (χ0n) is 17.9. The lowest BCUT2D eigenvalue weighted by Gasteiger charge is -2.16. The van der Waals surface area contributed by atoms with Crippen LogP contribution >= 0.6 is 0 Å². The Labute approximate surface area is 196 Å². The topological polar surface area (TPSA) is 199 Å². The van der Waals surface area contributed by atoms with Crippen molar-refractivity contribution in [1.29, 1.82) is 0 Å². The minimum absolute atomic E-state index is 0.00461. The van der Waals surface area contributed by atoms with Gasteiger partial charge in [-0.05, 0) is 12.1 Å². The number of hydrogen-bond donors (Lipinski definition) is 5. The molecule has 1 aromatic carbocycles. The predicted octanol–water partition coefficient (Wildman–Crippen LogP) is -0.555. The molecule has 0 radical (unpaired) electrons. The second kappa shape index (κ2) is 9.30. The van der Waals surface area contributed by atoms with Gasteiger partial charge in [-0.15, -0.1) is 5.10 Å². The maximum atomic E-state index is 14.5. The van der Waals surface area contributed by atoms with E-state index in [0.717, 1.165) is 10.9 Å². The van der Waals surface area contributed by atoms with Gasteiger partial charge in [0.1, 0.15) is 24.6 Å².